The standard InChI is InChI=1S/C28H36N8O4/c1-38-25-21(40-16-2-10-34-14-17-39-18-15-34)5-3-20-23(25)33-28(36-13-9-31-27(20)36)24-19(26(29)37)4-6-22(32-24)35-11-7-30-8-12-35/h3-6,30H,2,7-18H2,1H3,(H2,29,37). The quantitative estimate of drug-likeness (QED) is 0.438. The predicted molar refractivity (Wildman–Crippen MR) is 153 cm³/mol. The monoisotopic (exact) mass is 548 g/mol. The van der Waals surface area contributed by atoms with Gasteiger partial charge in [-0.05, 0) is 30.7 Å². The summed E-state index contributed by atoms with van der Waals surface area (Å²) in [6.45, 7) is 9.62. The number of anilines is 1. The SMILES string of the molecule is COc1c(OCCCN2CCOCC2)ccc2c1N=C(c1nc(N3CCNCC3)ccc1C(N)=O)N1CCN=C21. The number of fused-ring (bicyclic) bond motifs is 3. The number of amides is 1. The van der Waals surface area contributed by atoms with Crippen LogP contribution in [-0.4, -0.2) is 118 Å². The maximum atomic E-state index is 12.5. The number of pyridine rings is 1. The number of nitrogens with one attached hydrogen (secondary N) is 1. The van der Waals surface area contributed by atoms with Crippen molar-refractivity contribution in [2.24, 2.45) is 15.7 Å². The van der Waals surface area contributed by atoms with Gasteiger partial charge in [0, 0.05) is 57.9 Å². The number of carbonyl (C=O) groups is 1. The van der Waals surface area contributed by atoms with Gasteiger partial charge in [0.25, 0.3) is 5.91 Å². The van der Waals surface area contributed by atoms with Gasteiger partial charge in [-0.15, -0.1) is 0 Å². The number of primary amides is 1. The lowest BCUT2D eigenvalue weighted by atomic mass is 10.0. The third kappa shape index (κ3) is 5.21. The molecular weight excluding hydrogens is 512 g/mol. The minimum Gasteiger partial charge on any atom is -0.491 e. The van der Waals surface area contributed by atoms with E-state index < -0.39 is 5.91 Å². The number of morpholine rings is 1. The van der Waals surface area contributed by atoms with Gasteiger partial charge in [-0.1, -0.05) is 0 Å². The Morgan fingerprint density at radius 1 is 1.07 bits per heavy atom. The van der Waals surface area contributed by atoms with Gasteiger partial charge in [0.1, 0.15) is 23.0 Å². The molecule has 1 aromatic heterocycles. The number of aliphatic imine (C=N–C) groups is 2. The number of nitrogens with zero attached hydrogens (tertiary/aromatic N) is 6. The number of ether oxygens (including phenoxy) is 3. The lowest BCUT2D eigenvalue weighted by Crippen LogP contribution is -2.44. The number of piperazine rings is 1. The van der Waals surface area contributed by atoms with Crippen LogP contribution in [-0.2, 0) is 4.74 Å². The van der Waals surface area contributed by atoms with Crippen molar-refractivity contribution in [1.82, 2.24) is 20.1 Å². The van der Waals surface area contributed by atoms with E-state index in [2.05, 4.69) is 15.1 Å². The molecule has 5 heterocycles. The van der Waals surface area contributed by atoms with Crippen LogP contribution in [0, 0.1) is 0 Å². The zero-order valence-corrected chi connectivity index (χ0v) is 22.9. The number of hydrogen-bond acceptors (Lipinski definition) is 11. The molecule has 2 saturated heterocycles. The van der Waals surface area contributed by atoms with E-state index in [1.807, 2.05) is 23.1 Å². The van der Waals surface area contributed by atoms with Crippen LogP contribution in [0.4, 0.5) is 11.5 Å². The molecule has 2 fully saturated rings. The molecule has 1 amide bonds. The lowest BCUT2D eigenvalue weighted by molar-refractivity contribution is 0.0357. The molecule has 212 valence electrons. The summed E-state index contributed by atoms with van der Waals surface area (Å²) in [4.78, 5) is 33.9. The number of amidine groups is 2. The van der Waals surface area contributed by atoms with Crippen molar-refractivity contribution in [3.63, 3.8) is 0 Å². The van der Waals surface area contributed by atoms with Crippen molar-refractivity contribution < 1.29 is 19.0 Å². The molecule has 0 aliphatic carbocycles. The van der Waals surface area contributed by atoms with E-state index in [0.29, 0.717) is 54.0 Å². The molecule has 4 aliphatic heterocycles. The van der Waals surface area contributed by atoms with Crippen LogP contribution < -0.4 is 25.4 Å². The molecule has 6 rings (SSSR count). The van der Waals surface area contributed by atoms with Crippen molar-refractivity contribution in [2.45, 2.75) is 6.42 Å². The first-order chi connectivity index (χ1) is 19.6. The maximum absolute atomic E-state index is 12.5. The summed E-state index contributed by atoms with van der Waals surface area (Å²) >= 11 is 0. The molecule has 2 aromatic rings. The Bertz CT molecular complexity index is 1320. The van der Waals surface area contributed by atoms with Gasteiger partial charge in [-0.2, -0.15) is 0 Å². The number of nitrogens with two attached hydrogens (primary N) is 1. The van der Waals surface area contributed by atoms with Crippen LogP contribution in [0.25, 0.3) is 0 Å². The highest BCUT2D eigenvalue weighted by molar-refractivity contribution is 6.22. The average Bonchev–Trinajstić information content (AvgIpc) is 3.49. The highest BCUT2D eigenvalue weighted by Gasteiger charge is 2.35. The molecule has 0 saturated carbocycles. The number of carbonyl (C=O) groups excluding carboxylic acids is 1. The van der Waals surface area contributed by atoms with E-state index in [1.54, 1.807) is 13.2 Å². The van der Waals surface area contributed by atoms with Gasteiger partial charge in [-0.25, -0.2) is 9.98 Å². The van der Waals surface area contributed by atoms with Gasteiger partial charge in [0.05, 0.1) is 39.0 Å². The Hall–Kier alpha value is -3.74. The second-order valence-corrected chi connectivity index (χ2v) is 10.1. The summed E-state index contributed by atoms with van der Waals surface area (Å²) in [5.41, 5.74) is 8.06. The predicted octanol–water partition coefficient (Wildman–Crippen LogP) is 0.854. The molecule has 0 bridgehead atoms. The summed E-state index contributed by atoms with van der Waals surface area (Å²) in [5, 5.41) is 3.36. The smallest absolute Gasteiger partial charge is 0.251 e. The average molecular weight is 549 g/mol. The lowest BCUT2D eigenvalue weighted by Gasteiger charge is -2.31. The fourth-order valence-electron chi connectivity index (χ4n) is 5.57. The second-order valence-electron chi connectivity index (χ2n) is 10.1. The van der Waals surface area contributed by atoms with Crippen molar-refractivity contribution in [3.8, 4) is 11.5 Å². The van der Waals surface area contributed by atoms with Gasteiger partial charge in [0.15, 0.2) is 17.3 Å². The zero-order valence-electron chi connectivity index (χ0n) is 22.9. The third-order valence-corrected chi connectivity index (χ3v) is 7.63. The molecule has 3 N–H and O–H groups in total. The van der Waals surface area contributed by atoms with Crippen LogP contribution in [0.15, 0.2) is 34.3 Å². The molecule has 0 spiro atoms. The Labute approximate surface area is 233 Å². The van der Waals surface area contributed by atoms with Gasteiger partial charge in [0.2, 0.25) is 0 Å². The van der Waals surface area contributed by atoms with Crippen LogP contribution in [0.1, 0.15) is 28.0 Å². The van der Waals surface area contributed by atoms with Crippen molar-refractivity contribution in [2.75, 3.05) is 90.7 Å². The Kier molecular flexibility index (Phi) is 7.80. The first-order valence-corrected chi connectivity index (χ1v) is 14.0. The minimum absolute atomic E-state index is 0.321. The number of methoxy groups -OCH3 is 1. The topological polar surface area (TPSA) is 130 Å². The van der Waals surface area contributed by atoms with E-state index in [0.717, 1.165) is 82.7 Å². The van der Waals surface area contributed by atoms with E-state index in [9.17, 15) is 4.79 Å². The Morgan fingerprint density at radius 2 is 1.90 bits per heavy atom. The van der Waals surface area contributed by atoms with Crippen LogP contribution in [0.5, 0.6) is 11.5 Å². The van der Waals surface area contributed by atoms with Crippen LogP contribution in [0.3, 0.4) is 0 Å². The Balaban J connectivity index is 1.33. The van der Waals surface area contributed by atoms with Crippen LogP contribution >= 0.6 is 0 Å². The highest BCUT2D eigenvalue weighted by Crippen LogP contribution is 2.44. The molecule has 4 aliphatic rings. The van der Waals surface area contributed by atoms with Crippen LogP contribution in [0.2, 0.25) is 0 Å². The minimum atomic E-state index is -0.551. The molecule has 0 radical (unpaired) electrons. The van der Waals surface area contributed by atoms with Crippen molar-refractivity contribution in [1.29, 1.82) is 0 Å². The molecule has 40 heavy (non-hydrogen) atoms. The highest BCUT2D eigenvalue weighted by atomic mass is 16.5. The van der Waals surface area contributed by atoms with E-state index in [-0.39, 0.29) is 0 Å². The molecule has 12 nitrogen and oxygen atoms in total. The van der Waals surface area contributed by atoms with Crippen molar-refractivity contribution in [3.05, 3.63) is 41.1 Å². The number of aromatic nitrogens is 1. The normalized spacial score (nSPS) is 19.0. The van der Waals surface area contributed by atoms with E-state index in [4.69, 9.17) is 34.9 Å². The molecule has 0 unspecified atom stereocenters. The summed E-state index contributed by atoms with van der Waals surface area (Å²) in [7, 11) is 1.62. The third-order valence-electron chi connectivity index (χ3n) is 7.63. The summed E-state index contributed by atoms with van der Waals surface area (Å²) in [6, 6.07) is 7.50. The number of benzene rings is 1. The van der Waals surface area contributed by atoms with Gasteiger partial charge in [-0.3, -0.25) is 14.7 Å². The Morgan fingerprint density at radius 3 is 2.67 bits per heavy atom. The largest absolute Gasteiger partial charge is 0.491 e. The first-order valence-electron chi connectivity index (χ1n) is 14.0. The fourth-order valence-corrected chi connectivity index (χ4v) is 5.57. The van der Waals surface area contributed by atoms with E-state index >= 15 is 0 Å². The molecule has 12 heteroatoms. The summed E-state index contributed by atoms with van der Waals surface area (Å²) < 4.78 is 17.5. The number of hydrogen-bond donors (Lipinski definition) is 2. The van der Waals surface area contributed by atoms with E-state index in [1.165, 1.54) is 0 Å². The number of rotatable bonds is 9. The molecular formula is C28H36N8O4. The summed E-state index contributed by atoms with van der Waals surface area (Å²) in [5.74, 6) is 2.71. The van der Waals surface area contributed by atoms with Gasteiger partial charge < -0.3 is 35.1 Å². The maximum Gasteiger partial charge on any atom is 0.251 e. The van der Waals surface area contributed by atoms with Gasteiger partial charge >= 0.3 is 0 Å². The molecule has 1 aromatic carbocycles. The van der Waals surface area contributed by atoms with Crippen molar-refractivity contribution >= 4 is 29.1 Å². The first kappa shape index (κ1) is 26.5. The zero-order chi connectivity index (χ0) is 27.5. The molecule has 0 atom stereocenters. The summed E-state index contributed by atoms with van der Waals surface area (Å²) in [6.07, 6.45) is 0.889. The fraction of sp³-hybridized carbons (Fsp3) is 0.500. The second kappa shape index (κ2) is 11.8.